The number of amides is 1. The average molecular weight is 662 g/mol. The summed E-state index contributed by atoms with van der Waals surface area (Å²) in [4.78, 5) is 17.7. The first-order valence-electron chi connectivity index (χ1n) is 14.1. The van der Waals surface area contributed by atoms with Gasteiger partial charge in [0.25, 0.3) is 5.91 Å². The first kappa shape index (κ1) is 30.8. The number of piperazine rings is 1. The van der Waals surface area contributed by atoms with E-state index in [2.05, 4.69) is 66.6 Å². The van der Waals surface area contributed by atoms with Crippen LogP contribution in [0.5, 0.6) is 11.5 Å². The van der Waals surface area contributed by atoms with Crippen LogP contribution in [0.2, 0.25) is 5.02 Å². The van der Waals surface area contributed by atoms with Crippen LogP contribution in [0.4, 0.5) is 0 Å². The predicted molar refractivity (Wildman–Crippen MR) is 175 cm³/mol. The molecule has 1 aliphatic rings. The molecule has 1 aliphatic heterocycles. The Labute approximate surface area is 266 Å². The minimum Gasteiger partial charge on any atom is -0.493 e. The van der Waals surface area contributed by atoms with Gasteiger partial charge in [-0.2, -0.15) is 5.10 Å². The number of methoxy groups -OCH3 is 1. The SMILES string of the molecule is COc1cc(/C=N\NC(=O)c2ccc(CN3CCN(Cc4ccccc4)CC3)cc2)cc(Br)c1OCc1ccccc1Cl. The molecule has 43 heavy (non-hydrogen) atoms. The molecule has 0 unspecified atom stereocenters. The minimum absolute atomic E-state index is 0.275. The Morgan fingerprint density at radius 2 is 1.53 bits per heavy atom. The zero-order valence-corrected chi connectivity index (χ0v) is 26.4. The summed E-state index contributed by atoms with van der Waals surface area (Å²) in [5.74, 6) is 0.809. The van der Waals surface area contributed by atoms with Gasteiger partial charge in [0, 0.05) is 55.4 Å². The van der Waals surface area contributed by atoms with Crippen LogP contribution in [0.25, 0.3) is 0 Å². The van der Waals surface area contributed by atoms with Crippen molar-refractivity contribution < 1.29 is 14.3 Å². The van der Waals surface area contributed by atoms with Gasteiger partial charge in [-0.3, -0.25) is 14.6 Å². The van der Waals surface area contributed by atoms with Crippen LogP contribution < -0.4 is 14.9 Å². The Morgan fingerprint density at radius 3 is 2.19 bits per heavy atom. The number of ether oxygens (including phenoxy) is 2. The lowest BCUT2D eigenvalue weighted by molar-refractivity contribution is 0.0955. The molecule has 4 aromatic carbocycles. The molecule has 0 atom stereocenters. The van der Waals surface area contributed by atoms with Crippen molar-refractivity contribution in [1.82, 2.24) is 15.2 Å². The van der Waals surface area contributed by atoms with E-state index in [1.54, 1.807) is 19.4 Å². The number of nitrogens with zero attached hydrogens (tertiary/aromatic N) is 3. The molecule has 0 radical (unpaired) electrons. The van der Waals surface area contributed by atoms with E-state index < -0.39 is 0 Å². The highest BCUT2D eigenvalue weighted by molar-refractivity contribution is 9.10. The lowest BCUT2D eigenvalue weighted by atomic mass is 10.1. The zero-order valence-electron chi connectivity index (χ0n) is 24.0. The molecule has 9 heteroatoms. The third-order valence-corrected chi connectivity index (χ3v) is 8.26. The van der Waals surface area contributed by atoms with Crippen LogP contribution in [0, 0.1) is 0 Å². The third kappa shape index (κ3) is 8.67. The monoisotopic (exact) mass is 660 g/mol. The summed E-state index contributed by atoms with van der Waals surface area (Å²) in [5, 5.41) is 4.79. The summed E-state index contributed by atoms with van der Waals surface area (Å²) < 4.78 is 12.2. The van der Waals surface area contributed by atoms with E-state index in [9.17, 15) is 4.79 Å². The second-order valence-corrected chi connectivity index (χ2v) is 11.6. The molecule has 1 fully saturated rings. The Bertz CT molecular complexity index is 1540. The molecule has 0 bridgehead atoms. The minimum atomic E-state index is -0.275. The van der Waals surface area contributed by atoms with Crippen molar-refractivity contribution in [3.8, 4) is 11.5 Å². The fourth-order valence-electron chi connectivity index (χ4n) is 4.92. The molecule has 1 N–H and O–H groups in total. The summed E-state index contributed by atoms with van der Waals surface area (Å²) in [6.07, 6.45) is 1.56. The largest absolute Gasteiger partial charge is 0.493 e. The quantitative estimate of drug-likeness (QED) is 0.142. The van der Waals surface area contributed by atoms with Crippen molar-refractivity contribution >= 4 is 39.7 Å². The molecule has 1 amide bonds. The highest BCUT2D eigenvalue weighted by Crippen LogP contribution is 2.37. The third-order valence-electron chi connectivity index (χ3n) is 7.30. The van der Waals surface area contributed by atoms with E-state index in [1.165, 1.54) is 11.1 Å². The van der Waals surface area contributed by atoms with Crippen LogP contribution in [0.1, 0.15) is 32.6 Å². The van der Waals surface area contributed by atoms with Crippen molar-refractivity contribution in [3.05, 3.63) is 128 Å². The normalized spacial score (nSPS) is 14.1. The zero-order chi connectivity index (χ0) is 30.0. The van der Waals surface area contributed by atoms with Gasteiger partial charge in [0.2, 0.25) is 0 Å². The number of hydrazone groups is 1. The van der Waals surface area contributed by atoms with Crippen LogP contribution in [0.3, 0.4) is 0 Å². The van der Waals surface area contributed by atoms with Crippen molar-refractivity contribution in [2.24, 2.45) is 5.10 Å². The molecular formula is C34H34BrClN4O3. The molecule has 0 aliphatic carbocycles. The Morgan fingerprint density at radius 1 is 0.907 bits per heavy atom. The van der Waals surface area contributed by atoms with Crippen LogP contribution in [0.15, 0.2) is 101 Å². The smallest absolute Gasteiger partial charge is 0.271 e. The summed E-state index contributed by atoms with van der Waals surface area (Å²) >= 11 is 9.80. The van der Waals surface area contributed by atoms with Gasteiger partial charge in [0.1, 0.15) is 6.61 Å². The molecule has 222 valence electrons. The number of halogens is 2. The van der Waals surface area contributed by atoms with Gasteiger partial charge in [-0.1, -0.05) is 72.3 Å². The number of carbonyl (C=O) groups is 1. The van der Waals surface area contributed by atoms with Gasteiger partial charge in [0.05, 0.1) is 17.8 Å². The number of hydrogen-bond acceptors (Lipinski definition) is 6. The molecule has 1 saturated heterocycles. The number of nitrogens with one attached hydrogen (secondary N) is 1. The van der Waals surface area contributed by atoms with Gasteiger partial charge >= 0.3 is 0 Å². The van der Waals surface area contributed by atoms with Gasteiger partial charge < -0.3 is 9.47 Å². The van der Waals surface area contributed by atoms with Crippen LogP contribution in [-0.2, 0) is 19.7 Å². The molecule has 4 aromatic rings. The second kappa shape index (κ2) is 15.2. The molecule has 0 aromatic heterocycles. The lowest BCUT2D eigenvalue weighted by Crippen LogP contribution is -2.45. The Balaban J connectivity index is 1.10. The fraction of sp³-hybridized carbons (Fsp3) is 0.235. The summed E-state index contributed by atoms with van der Waals surface area (Å²) in [5.41, 5.74) is 7.31. The molecule has 0 saturated carbocycles. The van der Waals surface area contributed by atoms with Crippen LogP contribution >= 0.6 is 27.5 Å². The van der Waals surface area contributed by atoms with Gasteiger partial charge in [-0.15, -0.1) is 0 Å². The summed E-state index contributed by atoms with van der Waals surface area (Å²) in [6.45, 7) is 6.31. The van der Waals surface area contributed by atoms with E-state index in [4.69, 9.17) is 21.1 Å². The predicted octanol–water partition coefficient (Wildman–Crippen LogP) is 6.77. The maximum atomic E-state index is 12.7. The fourth-order valence-corrected chi connectivity index (χ4v) is 5.68. The molecular weight excluding hydrogens is 628 g/mol. The Kier molecular flexibility index (Phi) is 10.8. The average Bonchev–Trinajstić information content (AvgIpc) is 3.03. The number of benzene rings is 4. The first-order valence-corrected chi connectivity index (χ1v) is 15.3. The Hall–Kier alpha value is -3.69. The highest BCUT2D eigenvalue weighted by atomic mass is 79.9. The van der Waals surface area contributed by atoms with E-state index in [0.29, 0.717) is 33.2 Å². The number of carbonyl (C=O) groups excluding carboxylic acids is 1. The summed E-state index contributed by atoms with van der Waals surface area (Å²) in [6, 6.07) is 29.5. The lowest BCUT2D eigenvalue weighted by Gasteiger charge is -2.34. The van der Waals surface area contributed by atoms with Crippen molar-refractivity contribution in [2.75, 3.05) is 33.3 Å². The van der Waals surface area contributed by atoms with E-state index in [0.717, 1.165) is 50.4 Å². The molecule has 5 rings (SSSR count). The molecule has 1 heterocycles. The standard InChI is InChI=1S/C34H34BrClN4O3/c1-42-32-20-27(19-30(35)33(32)43-24-29-9-5-6-10-31(29)36)21-37-38-34(41)28-13-11-26(12-14-28)23-40-17-15-39(16-18-40)22-25-7-3-2-4-8-25/h2-14,19-21H,15-18,22-24H2,1H3,(H,38,41)/b37-21-. The van der Waals surface area contributed by atoms with Crippen LogP contribution in [-0.4, -0.2) is 55.2 Å². The second-order valence-electron chi connectivity index (χ2n) is 10.3. The van der Waals surface area contributed by atoms with Gasteiger partial charge in [-0.05, 0) is 63.0 Å². The first-order chi connectivity index (χ1) is 21.0. The molecule has 0 spiro atoms. The topological polar surface area (TPSA) is 66.4 Å². The molecule has 7 nitrogen and oxygen atoms in total. The highest BCUT2D eigenvalue weighted by Gasteiger charge is 2.17. The number of hydrogen-bond donors (Lipinski definition) is 1. The van der Waals surface area contributed by atoms with Gasteiger partial charge in [-0.25, -0.2) is 5.43 Å². The van der Waals surface area contributed by atoms with E-state index >= 15 is 0 Å². The maximum Gasteiger partial charge on any atom is 0.271 e. The van der Waals surface area contributed by atoms with Gasteiger partial charge in [0.15, 0.2) is 11.5 Å². The number of rotatable bonds is 11. The summed E-state index contributed by atoms with van der Waals surface area (Å²) in [7, 11) is 1.57. The van der Waals surface area contributed by atoms with Crippen molar-refractivity contribution in [2.45, 2.75) is 19.7 Å². The van der Waals surface area contributed by atoms with Crippen molar-refractivity contribution in [3.63, 3.8) is 0 Å². The van der Waals surface area contributed by atoms with Crippen molar-refractivity contribution in [1.29, 1.82) is 0 Å². The van der Waals surface area contributed by atoms with E-state index in [1.807, 2.05) is 54.6 Å². The van der Waals surface area contributed by atoms with E-state index in [-0.39, 0.29) is 5.91 Å². The maximum absolute atomic E-state index is 12.7.